The molecule has 0 aliphatic carbocycles. The monoisotopic (exact) mass is 209 g/mol. The van der Waals surface area contributed by atoms with Crippen LogP contribution in [0, 0.1) is 5.92 Å². The molecule has 1 N–H and O–H groups in total. The lowest BCUT2D eigenvalue weighted by molar-refractivity contribution is 0.347. The second-order valence-corrected chi connectivity index (χ2v) is 4.09. The van der Waals surface area contributed by atoms with Crippen molar-refractivity contribution in [3.63, 3.8) is 0 Å². The zero-order chi connectivity index (χ0) is 11.1. The van der Waals surface area contributed by atoms with Gasteiger partial charge in [0, 0.05) is 25.0 Å². The summed E-state index contributed by atoms with van der Waals surface area (Å²) in [5, 5.41) is 7.74. The van der Waals surface area contributed by atoms with E-state index < -0.39 is 0 Å². The second-order valence-electron chi connectivity index (χ2n) is 4.09. The number of hydrogen-bond donors (Lipinski definition) is 1. The van der Waals surface area contributed by atoms with Crippen molar-refractivity contribution < 1.29 is 0 Å². The van der Waals surface area contributed by atoms with Gasteiger partial charge in [-0.15, -0.1) is 0 Å². The summed E-state index contributed by atoms with van der Waals surface area (Å²) in [6.45, 7) is 8.76. The van der Waals surface area contributed by atoms with Gasteiger partial charge in [0.2, 0.25) is 0 Å². The fourth-order valence-corrected chi connectivity index (χ4v) is 2.00. The molecule has 0 fully saturated rings. The molecule has 15 heavy (non-hydrogen) atoms. The highest BCUT2D eigenvalue weighted by Gasteiger charge is 2.11. The van der Waals surface area contributed by atoms with E-state index in [2.05, 4.69) is 31.2 Å². The van der Waals surface area contributed by atoms with Gasteiger partial charge < -0.3 is 5.32 Å². The largest absolute Gasteiger partial charge is 0.312 e. The van der Waals surface area contributed by atoms with Gasteiger partial charge in [0.1, 0.15) is 0 Å². The van der Waals surface area contributed by atoms with Crippen molar-refractivity contribution in [3.05, 3.63) is 18.5 Å². The maximum atomic E-state index is 4.17. The first-order chi connectivity index (χ1) is 7.27. The lowest BCUT2D eigenvalue weighted by Gasteiger charge is -2.22. The average Bonchev–Trinajstić information content (AvgIpc) is 2.72. The van der Waals surface area contributed by atoms with Crippen molar-refractivity contribution in [2.75, 3.05) is 6.54 Å². The van der Waals surface area contributed by atoms with Gasteiger partial charge in [-0.3, -0.25) is 4.68 Å². The number of aromatic nitrogens is 2. The molecular formula is C12H23N3. The van der Waals surface area contributed by atoms with Gasteiger partial charge >= 0.3 is 0 Å². The van der Waals surface area contributed by atoms with Gasteiger partial charge in [-0.2, -0.15) is 5.10 Å². The fourth-order valence-electron chi connectivity index (χ4n) is 2.00. The molecule has 1 aromatic rings. The Bertz CT molecular complexity index is 239. The minimum atomic E-state index is 0.607. The Hall–Kier alpha value is -0.830. The zero-order valence-electron chi connectivity index (χ0n) is 10.1. The van der Waals surface area contributed by atoms with E-state index in [4.69, 9.17) is 0 Å². The SMILES string of the molecule is CCC(CC)C(C)NCCn1cccn1. The summed E-state index contributed by atoms with van der Waals surface area (Å²) < 4.78 is 1.96. The summed E-state index contributed by atoms with van der Waals surface area (Å²) in [7, 11) is 0. The predicted molar refractivity (Wildman–Crippen MR) is 63.8 cm³/mol. The quantitative estimate of drug-likeness (QED) is 0.746. The van der Waals surface area contributed by atoms with Gasteiger partial charge in [0.25, 0.3) is 0 Å². The second kappa shape index (κ2) is 6.62. The van der Waals surface area contributed by atoms with Crippen LogP contribution in [0.3, 0.4) is 0 Å². The highest BCUT2D eigenvalue weighted by atomic mass is 15.3. The molecule has 1 heterocycles. The van der Waals surface area contributed by atoms with Gasteiger partial charge in [-0.1, -0.05) is 26.7 Å². The molecule has 3 heteroatoms. The highest BCUT2D eigenvalue weighted by molar-refractivity contribution is 4.78. The highest BCUT2D eigenvalue weighted by Crippen LogP contribution is 2.12. The Morgan fingerprint density at radius 2 is 2.07 bits per heavy atom. The van der Waals surface area contributed by atoms with Crippen molar-refractivity contribution >= 4 is 0 Å². The van der Waals surface area contributed by atoms with Crippen LogP contribution in [-0.4, -0.2) is 22.4 Å². The van der Waals surface area contributed by atoms with Crippen molar-refractivity contribution in [1.82, 2.24) is 15.1 Å². The van der Waals surface area contributed by atoms with E-state index in [0.29, 0.717) is 6.04 Å². The molecule has 1 rings (SSSR count). The van der Waals surface area contributed by atoms with Crippen molar-refractivity contribution in [2.45, 2.75) is 46.2 Å². The summed E-state index contributed by atoms with van der Waals surface area (Å²) in [5.41, 5.74) is 0. The Morgan fingerprint density at radius 3 is 2.60 bits per heavy atom. The van der Waals surface area contributed by atoms with Crippen LogP contribution in [0.5, 0.6) is 0 Å². The lowest BCUT2D eigenvalue weighted by atomic mass is 9.95. The maximum Gasteiger partial charge on any atom is 0.0534 e. The predicted octanol–water partition coefficient (Wildman–Crippen LogP) is 2.30. The Kier molecular flexibility index (Phi) is 5.40. The van der Waals surface area contributed by atoms with Gasteiger partial charge in [0.05, 0.1) is 6.54 Å². The molecule has 0 aromatic carbocycles. The Balaban J connectivity index is 2.19. The van der Waals surface area contributed by atoms with Gasteiger partial charge in [-0.25, -0.2) is 0 Å². The standard InChI is InChI=1S/C12H23N3/c1-4-12(5-2)11(3)13-8-10-15-9-6-7-14-15/h6-7,9,11-13H,4-5,8,10H2,1-3H3. The molecule has 1 atom stereocenters. The fraction of sp³-hybridized carbons (Fsp3) is 0.750. The molecule has 0 aliphatic heterocycles. The van der Waals surface area contributed by atoms with Gasteiger partial charge in [-0.05, 0) is 18.9 Å². The van der Waals surface area contributed by atoms with Crippen molar-refractivity contribution in [1.29, 1.82) is 0 Å². The number of rotatable bonds is 7. The van der Waals surface area contributed by atoms with Crippen LogP contribution in [0.4, 0.5) is 0 Å². The minimum Gasteiger partial charge on any atom is -0.312 e. The van der Waals surface area contributed by atoms with E-state index in [-0.39, 0.29) is 0 Å². The molecule has 1 unspecified atom stereocenters. The van der Waals surface area contributed by atoms with Crippen LogP contribution in [0.1, 0.15) is 33.6 Å². The first kappa shape index (κ1) is 12.2. The van der Waals surface area contributed by atoms with Crippen molar-refractivity contribution in [2.24, 2.45) is 5.92 Å². The van der Waals surface area contributed by atoms with E-state index in [0.717, 1.165) is 19.0 Å². The summed E-state index contributed by atoms with van der Waals surface area (Å²) in [4.78, 5) is 0. The third-order valence-electron chi connectivity index (χ3n) is 3.12. The maximum absolute atomic E-state index is 4.17. The Morgan fingerprint density at radius 1 is 1.33 bits per heavy atom. The topological polar surface area (TPSA) is 29.9 Å². The molecule has 0 saturated heterocycles. The van der Waals surface area contributed by atoms with Crippen LogP contribution >= 0.6 is 0 Å². The molecule has 86 valence electrons. The molecular weight excluding hydrogens is 186 g/mol. The van der Waals surface area contributed by atoms with Gasteiger partial charge in [0.15, 0.2) is 0 Å². The molecule has 0 amide bonds. The van der Waals surface area contributed by atoms with Crippen LogP contribution < -0.4 is 5.32 Å². The van der Waals surface area contributed by atoms with E-state index in [1.54, 1.807) is 0 Å². The van der Waals surface area contributed by atoms with E-state index >= 15 is 0 Å². The Labute approximate surface area is 92.9 Å². The van der Waals surface area contributed by atoms with E-state index in [9.17, 15) is 0 Å². The number of hydrogen-bond acceptors (Lipinski definition) is 2. The van der Waals surface area contributed by atoms with Crippen LogP contribution in [0.2, 0.25) is 0 Å². The first-order valence-corrected chi connectivity index (χ1v) is 5.98. The molecule has 0 aliphatic rings. The molecule has 0 spiro atoms. The summed E-state index contributed by atoms with van der Waals surface area (Å²) in [6, 6.07) is 2.57. The molecule has 0 bridgehead atoms. The summed E-state index contributed by atoms with van der Waals surface area (Å²) >= 11 is 0. The van der Waals surface area contributed by atoms with E-state index in [1.807, 2.05) is 23.1 Å². The summed E-state index contributed by atoms with van der Waals surface area (Å²) in [5.74, 6) is 0.794. The zero-order valence-corrected chi connectivity index (χ0v) is 10.1. The molecule has 0 radical (unpaired) electrons. The molecule has 0 saturated carbocycles. The minimum absolute atomic E-state index is 0.607. The first-order valence-electron chi connectivity index (χ1n) is 5.98. The lowest BCUT2D eigenvalue weighted by Crippen LogP contribution is -2.35. The number of nitrogens with zero attached hydrogens (tertiary/aromatic N) is 2. The van der Waals surface area contributed by atoms with Crippen molar-refractivity contribution in [3.8, 4) is 0 Å². The summed E-state index contributed by atoms with van der Waals surface area (Å²) in [6.07, 6.45) is 6.34. The van der Waals surface area contributed by atoms with Crippen LogP contribution in [-0.2, 0) is 6.54 Å². The normalized spacial score (nSPS) is 13.3. The molecule has 3 nitrogen and oxygen atoms in total. The molecule has 1 aromatic heterocycles. The van der Waals surface area contributed by atoms with E-state index in [1.165, 1.54) is 12.8 Å². The third kappa shape index (κ3) is 4.04. The smallest absolute Gasteiger partial charge is 0.0534 e. The van der Waals surface area contributed by atoms with Crippen LogP contribution in [0.25, 0.3) is 0 Å². The van der Waals surface area contributed by atoms with Crippen LogP contribution in [0.15, 0.2) is 18.5 Å². The average molecular weight is 209 g/mol. The number of nitrogens with one attached hydrogen (secondary N) is 1. The third-order valence-corrected chi connectivity index (χ3v) is 3.12.